The van der Waals surface area contributed by atoms with Gasteiger partial charge in [0.25, 0.3) is 5.91 Å². The van der Waals surface area contributed by atoms with Gasteiger partial charge in [0, 0.05) is 31.5 Å². The van der Waals surface area contributed by atoms with Crippen molar-refractivity contribution in [1.82, 2.24) is 9.78 Å². The highest BCUT2D eigenvalue weighted by Gasteiger charge is 2.06. The lowest BCUT2D eigenvalue weighted by atomic mass is 10.2. The van der Waals surface area contributed by atoms with Gasteiger partial charge in [-0.3, -0.25) is 9.48 Å². The van der Waals surface area contributed by atoms with E-state index in [4.69, 9.17) is 0 Å². The van der Waals surface area contributed by atoms with E-state index in [2.05, 4.69) is 15.7 Å². The van der Waals surface area contributed by atoms with Gasteiger partial charge in [0.15, 0.2) is 0 Å². The Hall–Kier alpha value is -2.30. The van der Waals surface area contributed by atoms with Crippen LogP contribution >= 0.6 is 0 Å². The number of amides is 1. The summed E-state index contributed by atoms with van der Waals surface area (Å²) in [6, 6.07) is 7.27. The Morgan fingerprint density at radius 1 is 1.24 bits per heavy atom. The third-order valence-corrected chi connectivity index (χ3v) is 2.40. The number of anilines is 2. The number of carbonyl (C=O) groups is 1. The van der Waals surface area contributed by atoms with E-state index >= 15 is 0 Å². The van der Waals surface area contributed by atoms with Gasteiger partial charge in [0.2, 0.25) is 0 Å². The second-order valence-corrected chi connectivity index (χ2v) is 3.68. The van der Waals surface area contributed by atoms with Crippen molar-refractivity contribution in [1.29, 1.82) is 0 Å². The number of nitrogens with zero attached hydrogens (tertiary/aromatic N) is 2. The molecule has 1 heterocycles. The zero-order chi connectivity index (χ0) is 12.3. The topological polar surface area (TPSA) is 59.0 Å². The summed E-state index contributed by atoms with van der Waals surface area (Å²) in [7, 11) is 3.64. The van der Waals surface area contributed by atoms with Crippen molar-refractivity contribution < 1.29 is 4.79 Å². The van der Waals surface area contributed by atoms with Crippen LogP contribution in [0.3, 0.4) is 0 Å². The lowest BCUT2D eigenvalue weighted by Crippen LogP contribution is -2.11. The molecule has 2 rings (SSSR count). The van der Waals surface area contributed by atoms with Gasteiger partial charge in [0.1, 0.15) is 0 Å². The maximum atomic E-state index is 11.9. The van der Waals surface area contributed by atoms with Gasteiger partial charge in [-0.15, -0.1) is 0 Å². The molecule has 0 bridgehead atoms. The standard InChI is InChI=1S/C12H14N4O/c1-13-10-5-3-9(4-6-10)12(17)15-11-7-14-16(2)8-11/h3-8,13H,1-2H3,(H,15,17). The summed E-state index contributed by atoms with van der Waals surface area (Å²) in [5.74, 6) is -0.138. The normalized spacial score (nSPS) is 10.0. The van der Waals surface area contributed by atoms with Gasteiger partial charge >= 0.3 is 0 Å². The summed E-state index contributed by atoms with van der Waals surface area (Å²) in [6.45, 7) is 0. The van der Waals surface area contributed by atoms with Crippen molar-refractivity contribution in [2.24, 2.45) is 7.05 Å². The summed E-state index contributed by atoms with van der Waals surface area (Å²) in [5, 5.41) is 9.76. The van der Waals surface area contributed by atoms with Gasteiger partial charge in [0.05, 0.1) is 11.9 Å². The first kappa shape index (κ1) is 11.2. The van der Waals surface area contributed by atoms with Crippen LogP contribution in [-0.4, -0.2) is 22.7 Å². The first-order chi connectivity index (χ1) is 8.19. The molecule has 0 saturated heterocycles. The molecule has 0 fully saturated rings. The van der Waals surface area contributed by atoms with Crippen LogP contribution in [0.15, 0.2) is 36.7 Å². The lowest BCUT2D eigenvalue weighted by molar-refractivity contribution is 0.102. The molecule has 1 amide bonds. The van der Waals surface area contributed by atoms with Crippen molar-refractivity contribution >= 4 is 17.3 Å². The quantitative estimate of drug-likeness (QED) is 0.844. The highest BCUT2D eigenvalue weighted by atomic mass is 16.1. The molecule has 0 unspecified atom stereocenters. The van der Waals surface area contributed by atoms with Gasteiger partial charge in [-0.1, -0.05) is 0 Å². The van der Waals surface area contributed by atoms with Crippen molar-refractivity contribution in [3.63, 3.8) is 0 Å². The molecule has 0 spiro atoms. The molecule has 0 atom stereocenters. The summed E-state index contributed by atoms with van der Waals surface area (Å²) >= 11 is 0. The van der Waals surface area contributed by atoms with Crippen LogP contribution in [0, 0.1) is 0 Å². The number of aryl methyl sites for hydroxylation is 1. The van der Waals surface area contributed by atoms with Crippen LogP contribution < -0.4 is 10.6 Å². The number of carbonyl (C=O) groups excluding carboxylic acids is 1. The molecule has 1 aromatic heterocycles. The molecular formula is C12H14N4O. The Labute approximate surface area is 99.5 Å². The number of aromatic nitrogens is 2. The zero-order valence-electron chi connectivity index (χ0n) is 9.77. The average molecular weight is 230 g/mol. The van der Waals surface area contributed by atoms with Crippen LogP contribution in [-0.2, 0) is 7.05 Å². The lowest BCUT2D eigenvalue weighted by Gasteiger charge is -2.04. The second kappa shape index (κ2) is 4.69. The molecule has 5 heteroatoms. The van der Waals surface area contributed by atoms with Crippen LogP contribution in [0.4, 0.5) is 11.4 Å². The van der Waals surface area contributed by atoms with Crippen LogP contribution in [0.2, 0.25) is 0 Å². The van der Waals surface area contributed by atoms with E-state index in [0.717, 1.165) is 5.69 Å². The van der Waals surface area contributed by atoms with Gasteiger partial charge in [-0.05, 0) is 24.3 Å². The summed E-state index contributed by atoms with van der Waals surface area (Å²) in [5.41, 5.74) is 2.28. The summed E-state index contributed by atoms with van der Waals surface area (Å²) < 4.78 is 1.64. The van der Waals surface area contributed by atoms with Crippen LogP contribution in [0.1, 0.15) is 10.4 Å². The molecule has 88 valence electrons. The second-order valence-electron chi connectivity index (χ2n) is 3.68. The van der Waals surface area contributed by atoms with Crippen molar-refractivity contribution in [2.45, 2.75) is 0 Å². The maximum absolute atomic E-state index is 11.9. The molecule has 0 aliphatic rings. The van der Waals surface area contributed by atoms with Crippen LogP contribution in [0.5, 0.6) is 0 Å². The fourth-order valence-corrected chi connectivity index (χ4v) is 1.48. The molecule has 5 nitrogen and oxygen atoms in total. The fourth-order valence-electron chi connectivity index (χ4n) is 1.48. The molecular weight excluding hydrogens is 216 g/mol. The largest absolute Gasteiger partial charge is 0.388 e. The number of hydrogen-bond acceptors (Lipinski definition) is 3. The minimum Gasteiger partial charge on any atom is -0.388 e. The maximum Gasteiger partial charge on any atom is 0.255 e. The molecule has 0 aliphatic carbocycles. The van der Waals surface area contributed by atoms with Gasteiger partial charge < -0.3 is 10.6 Å². The fraction of sp³-hybridized carbons (Fsp3) is 0.167. The molecule has 2 N–H and O–H groups in total. The molecule has 1 aromatic carbocycles. The smallest absolute Gasteiger partial charge is 0.255 e. The van der Waals surface area contributed by atoms with E-state index in [9.17, 15) is 4.79 Å². The minimum absolute atomic E-state index is 0.138. The summed E-state index contributed by atoms with van der Waals surface area (Å²) in [6.07, 6.45) is 3.36. The number of benzene rings is 1. The highest BCUT2D eigenvalue weighted by Crippen LogP contribution is 2.11. The predicted octanol–water partition coefficient (Wildman–Crippen LogP) is 1.71. The van der Waals surface area contributed by atoms with Crippen molar-refractivity contribution in [2.75, 3.05) is 17.7 Å². The molecule has 2 aromatic rings. The first-order valence-corrected chi connectivity index (χ1v) is 5.27. The SMILES string of the molecule is CNc1ccc(C(=O)Nc2cnn(C)c2)cc1. The zero-order valence-corrected chi connectivity index (χ0v) is 9.77. The Morgan fingerprint density at radius 3 is 2.47 bits per heavy atom. The summed E-state index contributed by atoms with van der Waals surface area (Å²) in [4.78, 5) is 11.9. The number of hydrogen-bond donors (Lipinski definition) is 2. The number of rotatable bonds is 3. The molecule has 0 saturated carbocycles. The van der Waals surface area contributed by atoms with E-state index < -0.39 is 0 Å². The Morgan fingerprint density at radius 2 is 1.94 bits per heavy atom. The van der Waals surface area contributed by atoms with E-state index in [-0.39, 0.29) is 5.91 Å². The molecule has 0 aliphatic heterocycles. The first-order valence-electron chi connectivity index (χ1n) is 5.27. The number of nitrogens with one attached hydrogen (secondary N) is 2. The molecule has 0 radical (unpaired) electrons. The third kappa shape index (κ3) is 2.63. The van der Waals surface area contributed by atoms with Crippen molar-refractivity contribution in [3.05, 3.63) is 42.2 Å². The average Bonchev–Trinajstić information content (AvgIpc) is 2.75. The van der Waals surface area contributed by atoms with Gasteiger partial charge in [-0.2, -0.15) is 5.10 Å². The van der Waals surface area contributed by atoms with Crippen LogP contribution in [0.25, 0.3) is 0 Å². The third-order valence-electron chi connectivity index (χ3n) is 2.40. The highest BCUT2D eigenvalue weighted by molar-refractivity contribution is 6.04. The van der Waals surface area contributed by atoms with E-state index in [1.54, 1.807) is 36.3 Å². The Kier molecular flexibility index (Phi) is 3.09. The molecule has 17 heavy (non-hydrogen) atoms. The van der Waals surface area contributed by atoms with Gasteiger partial charge in [-0.25, -0.2) is 0 Å². The monoisotopic (exact) mass is 230 g/mol. The van der Waals surface area contributed by atoms with E-state index in [1.165, 1.54) is 0 Å². The van der Waals surface area contributed by atoms with E-state index in [1.807, 2.05) is 19.2 Å². The minimum atomic E-state index is -0.138. The predicted molar refractivity (Wildman–Crippen MR) is 67.1 cm³/mol. The van der Waals surface area contributed by atoms with E-state index in [0.29, 0.717) is 11.3 Å². The Balaban J connectivity index is 2.09. The Bertz CT molecular complexity index is 516. The van der Waals surface area contributed by atoms with Crippen molar-refractivity contribution in [3.8, 4) is 0 Å².